The van der Waals surface area contributed by atoms with Crippen LogP contribution in [-0.2, 0) is 11.2 Å². The van der Waals surface area contributed by atoms with Gasteiger partial charge in [-0.25, -0.2) is 9.37 Å². The molecule has 1 aromatic heterocycles. The lowest BCUT2D eigenvalue weighted by molar-refractivity contribution is -0.116. The third kappa shape index (κ3) is 2.58. The van der Waals surface area contributed by atoms with E-state index in [0.717, 1.165) is 10.6 Å². The largest absolute Gasteiger partial charge is 0.300 e. The highest BCUT2D eigenvalue weighted by Gasteiger charge is 2.13. The summed E-state index contributed by atoms with van der Waals surface area (Å²) in [6.07, 6.45) is 0.373. The summed E-state index contributed by atoms with van der Waals surface area (Å²) in [7, 11) is 0. The SMILES string of the molecule is CC(=O)Cc1sc(-c2ccccc2F)nc1C. The molecule has 0 amide bonds. The Hall–Kier alpha value is -1.55. The molecule has 0 N–H and O–H groups in total. The maximum absolute atomic E-state index is 13.6. The minimum absolute atomic E-state index is 0.0943. The first-order valence-corrected chi connectivity index (χ1v) is 6.10. The molecule has 0 bridgehead atoms. The molecule has 0 spiro atoms. The Bertz CT molecular complexity index is 562. The van der Waals surface area contributed by atoms with Gasteiger partial charge in [-0.2, -0.15) is 0 Å². The molecule has 1 heterocycles. The number of thiazole rings is 1. The fourth-order valence-electron chi connectivity index (χ4n) is 1.57. The number of hydrogen-bond acceptors (Lipinski definition) is 3. The summed E-state index contributed by atoms with van der Waals surface area (Å²) in [6.45, 7) is 3.39. The summed E-state index contributed by atoms with van der Waals surface area (Å²) in [4.78, 5) is 16.3. The predicted molar refractivity (Wildman–Crippen MR) is 66.6 cm³/mol. The molecule has 2 aromatic rings. The van der Waals surface area contributed by atoms with Crippen molar-refractivity contribution in [2.75, 3.05) is 0 Å². The van der Waals surface area contributed by atoms with Gasteiger partial charge in [-0.15, -0.1) is 11.3 Å². The van der Waals surface area contributed by atoms with E-state index >= 15 is 0 Å². The minimum atomic E-state index is -0.282. The van der Waals surface area contributed by atoms with E-state index in [1.165, 1.54) is 17.4 Å². The Morgan fingerprint density at radius 1 is 1.41 bits per heavy atom. The second-order valence-corrected chi connectivity index (χ2v) is 4.97. The number of Topliss-reactive ketones (excluding diaryl/α,β-unsaturated/α-hetero) is 1. The van der Waals surface area contributed by atoms with Gasteiger partial charge in [-0.05, 0) is 26.0 Å². The molecule has 0 fully saturated rings. The highest BCUT2D eigenvalue weighted by atomic mass is 32.1. The van der Waals surface area contributed by atoms with Crippen LogP contribution in [0.1, 0.15) is 17.5 Å². The average Bonchev–Trinajstić information content (AvgIpc) is 2.60. The van der Waals surface area contributed by atoms with Crippen molar-refractivity contribution in [2.24, 2.45) is 0 Å². The number of carbonyl (C=O) groups excluding carboxylic acids is 1. The van der Waals surface area contributed by atoms with Crippen molar-refractivity contribution in [3.63, 3.8) is 0 Å². The second kappa shape index (κ2) is 4.75. The zero-order valence-electron chi connectivity index (χ0n) is 9.66. The van der Waals surface area contributed by atoms with E-state index in [1.54, 1.807) is 25.1 Å². The lowest BCUT2D eigenvalue weighted by Gasteiger charge is -1.96. The van der Waals surface area contributed by atoms with Gasteiger partial charge in [0.1, 0.15) is 16.6 Å². The number of rotatable bonds is 3. The fourth-order valence-corrected chi connectivity index (χ4v) is 2.73. The van der Waals surface area contributed by atoms with Crippen LogP contribution in [0.3, 0.4) is 0 Å². The molecule has 88 valence electrons. The van der Waals surface area contributed by atoms with E-state index in [9.17, 15) is 9.18 Å². The Labute approximate surface area is 103 Å². The number of hydrogen-bond donors (Lipinski definition) is 0. The number of benzene rings is 1. The summed E-state index contributed by atoms with van der Waals surface area (Å²) >= 11 is 1.38. The van der Waals surface area contributed by atoms with Gasteiger partial charge in [0.15, 0.2) is 0 Å². The highest BCUT2D eigenvalue weighted by Crippen LogP contribution is 2.29. The van der Waals surface area contributed by atoms with E-state index in [2.05, 4.69) is 4.98 Å². The van der Waals surface area contributed by atoms with Crippen LogP contribution in [0.15, 0.2) is 24.3 Å². The summed E-state index contributed by atoms with van der Waals surface area (Å²) in [5.41, 5.74) is 1.30. The van der Waals surface area contributed by atoms with E-state index in [0.29, 0.717) is 17.0 Å². The molecule has 0 radical (unpaired) electrons. The normalized spacial score (nSPS) is 10.5. The Kier molecular flexibility index (Phi) is 3.33. The Balaban J connectivity index is 2.41. The van der Waals surface area contributed by atoms with E-state index < -0.39 is 0 Å². The molecule has 0 aliphatic rings. The molecule has 0 aliphatic heterocycles. The van der Waals surface area contributed by atoms with Crippen LogP contribution in [-0.4, -0.2) is 10.8 Å². The van der Waals surface area contributed by atoms with Crippen molar-refractivity contribution in [1.82, 2.24) is 4.98 Å². The summed E-state index contributed by atoms with van der Waals surface area (Å²) < 4.78 is 13.6. The summed E-state index contributed by atoms with van der Waals surface area (Å²) in [5.74, 6) is -0.188. The third-order valence-corrected chi connectivity index (χ3v) is 3.60. The van der Waals surface area contributed by atoms with Crippen LogP contribution in [0.4, 0.5) is 4.39 Å². The van der Waals surface area contributed by atoms with Crippen LogP contribution >= 0.6 is 11.3 Å². The molecule has 0 unspecified atom stereocenters. The van der Waals surface area contributed by atoms with Gasteiger partial charge in [0.2, 0.25) is 0 Å². The first-order valence-electron chi connectivity index (χ1n) is 5.28. The molecule has 0 saturated heterocycles. The molecule has 2 rings (SSSR count). The van der Waals surface area contributed by atoms with Crippen LogP contribution < -0.4 is 0 Å². The number of aromatic nitrogens is 1. The standard InChI is InChI=1S/C13H12FNOS/c1-8(16)7-12-9(2)15-13(17-12)10-5-3-4-6-11(10)14/h3-6H,7H2,1-2H3. The molecule has 0 saturated carbocycles. The van der Waals surface area contributed by atoms with Gasteiger partial charge in [-0.1, -0.05) is 12.1 Å². The molecule has 0 atom stereocenters. The molecular formula is C13H12FNOS. The van der Waals surface area contributed by atoms with E-state index in [4.69, 9.17) is 0 Å². The number of nitrogens with zero attached hydrogens (tertiary/aromatic N) is 1. The number of halogens is 1. The molecule has 2 nitrogen and oxygen atoms in total. The summed E-state index contributed by atoms with van der Waals surface area (Å²) in [5, 5.41) is 0.636. The minimum Gasteiger partial charge on any atom is -0.300 e. The monoisotopic (exact) mass is 249 g/mol. The van der Waals surface area contributed by atoms with Gasteiger partial charge in [0.05, 0.1) is 5.69 Å². The van der Waals surface area contributed by atoms with Gasteiger partial charge >= 0.3 is 0 Å². The third-order valence-electron chi connectivity index (χ3n) is 2.41. The average molecular weight is 249 g/mol. The maximum atomic E-state index is 13.6. The Morgan fingerprint density at radius 2 is 2.12 bits per heavy atom. The van der Waals surface area contributed by atoms with Crippen LogP contribution in [0, 0.1) is 12.7 Å². The molecule has 0 aliphatic carbocycles. The summed E-state index contributed by atoms with van der Waals surface area (Å²) in [6, 6.07) is 6.54. The molecular weight excluding hydrogens is 237 g/mol. The number of carbonyl (C=O) groups is 1. The topological polar surface area (TPSA) is 30.0 Å². The van der Waals surface area contributed by atoms with Gasteiger partial charge in [0, 0.05) is 16.9 Å². The van der Waals surface area contributed by atoms with Crippen molar-refractivity contribution >= 4 is 17.1 Å². The Morgan fingerprint density at radius 3 is 2.76 bits per heavy atom. The molecule has 1 aromatic carbocycles. The van der Waals surface area contributed by atoms with Crippen molar-refractivity contribution < 1.29 is 9.18 Å². The highest BCUT2D eigenvalue weighted by molar-refractivity contribution is 7.15. The van der Waals surface area contributed by atoms with Gasteiger partial charge in [0.25, 0.3) is 0 Å². The van der Waals surface area contributed by atoms with E-state index in [1.807, 2.05) is 6.92 Å². The quantitative estimate of drug-likeness (QED) is 0.834. The number of ketones is 1. The van der Waals surface area contributed by atoms with Crippen molar-refractivity contribution in [3.05, 3.63) is 40.7 Å². The zero-order valence-corrected chi connectivity index (χ0v) is 10.5. The van der Waals surface area contributed by atoms with Gasteiger partial charge in [-0.3, -0.25) is 4.79 Å². The van der Waals surface area contributed by atoms with Crippen LogP contribution in [0.5, 0.6) is 0 Å². The van der Waals surface area contributed by atoms with E-state index in [-0.39, 0.29) is 11.6 Å². The smallest absolute Gasteiger partial charge is 0.135 e. The van der Waals surface area contributed by atoms with Crippen LogP contribution in [0.2, 0.25) is 0 Å². The predicted octanol–water partition coefficient (Wildman–Crippen LogP) is 3.39. The van der Waals surface area contributed by atoms with Crippen molar-refractivity contribution in [2.45, 2.75) is 20.3 Å². The molecule has 4 heteroatoms. The first-order chi connectivity index (χ1) is 8.08. The van der Waals surface area contributed by atoms with Crippen LogP contribution in [0.25, 0.3) is 10.6 Å². The lowest BCUT2D eigenvalue weighted by Crippen LogP contribution is -1.95. The molecule has 17 heavy (non-hydrogen) atoms. The van der Waals surface area contributed by atoms with Gasteiger partial charge < -0.3 is 0 Å². The number of aryl methyl sites for hydroxylation is 1. The second-order valence-electron chi connectivity index (χ2n) is 3.89. The first kappa shape index (κ1) is 11.9. The maximum Gasteiger partial charge on any atom is 0.135 e. The lowest BCUT2D eigenvalue weighted by atomic mass is 10.2. The fraction of sp³-hybridized carbons (Fsp3) is 0.231. The van der Waals surface area contributed by atoms with Crippen molar-refractivity contribution in [3.8, 4) is 10.6 Å². The van der Waals surface area contributed by atoms with Crippen molar-refractivity contribution in [1.29, 1.82) is 0 Å². The zero-order chi connectivity index (χ0) is 12.4.